The first-order valence-corrected chi connectivity index (χ1v) is 20.1. The van der Waals surface area contributed by atoms with Gasteiger partial charge in [-0.25, -0.2) is 15.0 Å². The van der Waals surface area contributed by atoms with Crippen molar-refractivity contribution in [1.82, 2.24) is 19.5 Å². The molecule has 12 rings (SSSR count). The molecule has 1 aliphatic rings. The van der Waals surface area contributed by atoms with Crippen LogP contribution >= 0.6 is 0 Å². The molecule has 0 radical (unpaired) electrons. The molecule has 0 bridgehead atoms. The molecule has 0 saturated carbocycles. The molecule has 3 heterocycles. The maximum absolute atomic E-state index is 7.15. The van der Waals surface area contributed by atoms with Crippen LogP contribution in [-0.2, 0) is 5.41 Å². The normalized spacial score (nSPS) is 13.1. The minimum atomic E-state index is -0.106. The van der Waals surface area contributed by atoms with E-state index >= 15 is 0 Å². The molecule has 0 atom stereocenters. The Morgan fingerprint density at radius 1 is 0.424 bits per heavy atom. The van der Waals surface area contributed by atoms with Crippen molar-refractivity contribution in [2.24, 2.45) is 0 Å². The molecule has 0 spiro atoms. The summed E-state index contributed by atoms with van der Waals surface area (Å²) in [4.78, 5) is 15.5. The lowest BCUT2D eigenvalue weighted by Crippen LogP contribution is -2.14. The molecule has 0 saturated heterocycles. The Kier molecular flexibility index (Phi) is 7.20. The second-order valence-electron chi connectivity index (χ2n) is 16.0. The summed E-state index contributed by atoms with van der Waals surface area (Å²) < 4.78 is 9.54. The van der Waals surface area contributed by atoms with Crippen molar-refractivity contribution >= 4 is 43.7 Å². The Hall–Kier alpha value is -7.63. The van der Waals surface area contributed by atoms with Crippen molar-refractivity contribution in [2.75, 3.05) is 0 Å². The first kappa shape index (κ1) is 33.5. The van der Waals surface area contributed by atoms with Gasteiger partial charge in [0.15, 0.2) is 23.1 Å². The van der Waals surface area contributed by atoms with Crippen LogP contribution in [0.2, 0.25) is 0 Å². The van der Waals surface area contributed by atoms with E-state index in [0.29, 0.717) is 17.5 Å². The van der Waals surface area contributed by atoms with Gasteiger partial charge in [0.2, 0.25) is 0 Å². The van der Waals surface area contributed by atoms with Crippen LogP contribution in [-0.4, -0.2) is 19.5 Å². The molecule has 0 fully saturated rings. The summed E-state index contributed by atoms with van der Waals surface area (Å²) in [5, 5.41) is 4.40. The zero-order chi connectivity index (χ0) is 39.2. The number of fused-ring (bicyclic) bond motifs is 9. The SMILES string of the molecule is CC1(C)c2ccccc2-c2cc3c(cc21)c1ccccc1n3-c1cccc2c1oc1cc(-c3ccccc3)cc(-c3nc(-c4ccccc4)nc(-c4ccccc4)n3)c12. The number of hydrogen-bond acceptors (Lipinski definition) is 4. The highest BCUT2D eigenvalue weighted by Crippen LogP contribution is 2.51. The van der Waals surface area contributed by atoms with Gasteiger partial charge in [-0.2, -0.15) is 0 Å². The molecule has 0 N–H and O–H groups in total. The number of aromatic nitrogens is 4. The van der Waals surface area contributed by atoms with E-state index in [1.54, 1.807) is 0 Å². The summed E-state index contributed by atoms with van der Waals surface area (Å²) >= 11 is 0. The summed E-state index contributed by atoms with van der Waals surface area (Å²) in [7, 11) is 0. The largest absolute Gasteiger partial charge is 0.454 e. The highest BCUT2D eigenvalue weighted by Gasteiger charge is 2.36. The Balaban J connectivity index is 1.16. The highest BCUT2D eigenvalue weighted by molar-refractivity contribution is 6.17. The lowest BCUT2D eigenvalue weighted by atomic mass is 9.82. The Morgan fingerprint density at radius 2 is 1.03 bits per heavy atom. The van der Waals surface area contributed by atoms with Crippen LogP contribution in [0.15, 0.2) is 186 Å². The van der Waals surface area contributed by atoms with Crippen molar-refractivity contribution in [3.8, 4) is 62.1 Å². The molecule has 5 heteroatoms. The number of benzene rings is 8. The molecule has 3 aromatic heterocycles. The molecular weight excluding hydrogens is 721 g/mol. The lowest BCUT2D eigenvalue weighted by Gasteiger charge is -2.21. The second-order valence-corrected chi connectivity index (χ2v) is 16.0. The van der Waals surface area contributed by atoms with Crippen LogP contribution in [0.3, 0.4) is 0 Å². The van der Waals surface area contributed by atoms with Crippen LogP contribution in [0.4, 0.5) is 0 Å². The van der Waals surface area contributed by atoms with E-state index in [4.69, 9.17) is 19.4 Å². The quantitative estimate of drug-likeness (QED) is 0.175. The lowest BCUT2D eigenvalue weighted by molar-refractivity contribution is 0.661. The fourth-order valence-corrected chi connectivity index (χ4v) is 9.41. The first-order valence-electron chi connectivity index (χ1n) is 20.1. The van der Waals surface area contributed by atoms with E-state index in [1.165, 1.54) is 33.0 Å². The molecule has 0 amide bonds. The Labute approximate surface area is 340 Å². The van der Waals surface area contributed by atoms with Gasteiger partial charge in [-0.3, -0.25) is 0 Å². The fourth-order valence-electron chi connectivity index (χ4n) is 9.41. The average molecular weight is 757 g/mol. The Morgan fingerprint density at radius 3 is 1.76 bits per heavy atom. The maximum Gasteiger partial charge on any atom is 0.164 e. The summed E-state index contributed by atoms with van der Waals surface area (Å²) in [6.07, 6.45) is 0. The van der Waals surface area contributed by atoms with Gasteiger partial charge in [-0.05, 0) is 69.8 Å². The summed E-state index contributed by atoms with van der Waals surface area (Å²) in [6.45, 7) is 4.69. The number of para-hydroxylation sites is 2. The Bertz CT molecular complexity index is 3400. The average Bonchev–Trinajstić information content (AvgIpc) is 3.91. The van der Waals surface area contributed by atoms with Crippen molar-refractivity contribution in [3.63, 3.8) is 0 Å². The summed E-state index contributed by atoms with van der Waals surface area (Å²) in [5.74, 6) is 1.81. The van der Waals surface area contributed by atoms with Crippen LogP contribution < -0.4 is 0 Å². The molecule has 11 aromatic rings. The van der Waals surface area contributed by atoms with Crippen molar-refractivity contribution in [1.29, 1.82) is 0 Å². The highest BCUT2D eigenvalue weighted by atomic mass is 16.3. The topological polar surface area (TPSA) is 56.7 Å². The smallest absolute Gasteiger partial charge is 0.164 e. The molecule has 0 unspecified atom stereocenters. The monoisotopic (exact) mass is 756 g/mol. The number of rotatable bonds is 5. The van der Waals surface area contributed by atoms with Crippen molar-refractivity contribution in [3.05, 3.63) is 193 Å². The van der Waals surface area contributed by atoms with Gasteiger partial charge < -0.3 is 8.98 Å². The number of hydrogen-bond donors (Lipinski definition) is 0. The van der Waals surface area contributed by atoms with E-state index in [9.17, 15) is 0 Å². The predicted molar refractivity (Wildman–Crippen MR) is 241 cm³/mol. The van der Waals surface area contributed by atoms with E-state index in [0.717, 1.165) is 66.5 Å². The van der Waals surface area contributed by atoms with Crippen molar-refractivity contribution < 1.29 is 4.42 Å². The predicted octanol–water partition coefficient (Wildman–Crippen LogP) is 13.8. The third-order valence-corrected chi connectivity index (χ3v) is 12.2. The molecular formula is C54H36N4O. The zero-order valence-corrected chi connectivity index (χ0v) is 32.5. The van der Waals surface area contributed by atoms with Crippen LogP contribution in [0.5, 0.6) is 0 Å². The molecule has 278 valence electrons. The molecule has 59 heavy (non-hydrogen) atoms. The van der Waals surface area contributed by atoms with Crippen LogP contribution in [0.1, 0.15) is 25.0 Å². The van der Waals surface area contributed by atoms with E-state index < -0.39 is 0 Å². The minimum Gasteiger partial charge on any atom is -0.454 e. The van der Waals surface area contributed by atoms with Gasteiger partial charge >= 0.3 is 0 Å². The van der Waals surface area contributed by atoms with Gasteiger partial charge in [-0.1, -0.05) is 159 Å². The van der Waals surface area contributed by atoms with E-state index in [1.807, 2.05) is 66.7 Å². The summed E-state index contributed by atoms with van der Waals surface area (Å²) in [6, 6.07) is 64.0. The second kappa shape index (κ2) is 12.7. The van der Waals surface area contributed by atoms with Crippen LogP contribution in [0, 0.1) is 0 Å². The van der Waals surface area contributed by atoms with Gasteiger partial charge in [0.05, 0.1) is 16.7 Å². The first-order chi connectivity index (χ1) is 29.0. The molecule has 0 aliphatic heterocycles. The van der Waals surface area contributed by atoms with Gasteiger partial charge in [-0.15, -0.1) is 0 Å². The minimum absolute atomic E-state index is 0.106. The van der Waals surface area contributed by atoms with Crippen LogP contribution in [0.25, 0.3) is 106 Å². The third-order valence-electron chi connectivity index (χ3n) is 12.2. The fraction of sp³-hybridized carbons (Fsp3) is 0.0556. The molecule has 8 aromatic carbocycles. The van der Waals surface area contributed by atoms with E-state index in [2.05, 4.69) is 134 Å². The molecule has 5 nitrogen and oxygen atoms in total. The number of furan rings is 1. The molecule has 1 aliphatic carbocycles. The van der Waals surface area contributed by atoms with E-state index in [-0.39, 0.29) is 5.41 Å². The maximum atomic E-state index is 7.15. The van der Waals surface area contributed by atoms with Crippen molar-refractivity contribution in [2.45, 2.75) is 19.3 Å². The summed E-state index contributed by atoms with van der Waals surface area (Å²) in [5.41, 5.74) is 14.9. The third kappa shape index (κ3) is 5.08. The van der Waals surface area contributed by atoms with Gasteiger partial charge in [0.25, 0.3) is 0 Å². The van der Waals surface area contributed by atoms with Gasteiger partial charge in [0.1, 0.15) is 5.58 Å². The number of nitrogens with zero attached hydrogens (tertiary/aromatic N) is 4. The zero-order valence-electron chi connectivity index (χ0n) is 32.5. The van der Waals surface area contributed by atoms with Gasteiger partial charge in [0, 0.05) is 43.7 Å². The standard InChI is InChI=1S/C54H36N4O/c1-54(2)43-26-14-12-23-37(43)40-32-47-41(31-44(40)54)38-24-13-15-27-45(38)58(47)46-28-16-25-39-49-42(29-36(30-48(49)59-50(39)46)33-17-6-3-7-18-33)53-56-51(34-19-8-4-9-20-34)55-52(57-53)35-21-10-5-11-22-35/h3-32H,1-2H3.